The second kappa shape index (κ2) is 4.81. The fraction of sp³-hybridized carbons (Fsp3) is 0. The number of nitrogens with zero attached hydrogens (tertiary/aromatic N) is 3. The molecule has 0 aliphatic heterocycles. The van der Waals surface area contributed by atoms with E-state index < -0.39 is 0 Å². The van der Waals surface area contributed by atoms with Gasteiger partial charge in [-0.2, -0.15) is 0 Å². The molecule has 1 aromatic carbocycles. The Bertz CT molecular complexity index is 722. The lowest BCUT2D eigenvalue weighted by atomic mass is 10.2. The van der Waals surface area contributed by atoms with Gasteiger partial charge in [-0.15, -0.1) is 0 Å². The van der Waals surface area contributed by atoms with Gasteiger partial charge in [0.2, 0.25) is 0 Å². The Balaban J connectivity index is 1.96. The average Bonchev–Trinajstić information content (AvgIpc) is 2.48. The van der Waals surface area contributed by atoms with Crippen LogP contribution < -0.4 is 5.32 Å². The number of anilines is 1. The minimum atomic E-state index is -0.204. The predicted octanol–water partition coefficient (Wildman–Crippen LogP) is 2.28. The van der Waals surface area contributed by atoms with Gasteiger partial charge in [0.15, 0.2) is 0 Å². The fourth-order valence-corrected chi connectivity index (χ4v) is 1.81. The average molecular weight is 250 g/mol. The topological polar surface area (TPSA) is 67.8 Å². The third-order valence-corrected chi connectivity index (χ3v) is 2.72. The maximum atomic E-state index is 12.1. The summed E-state index contributed by atoms with van der Waals surface area (Å²) in [5, 5.41) is 3.65. The Hall–Kier alpha value is -2.82. The number of rotatable bonds is 2. The van der Waals surface area contributed by atoms with Crippen LogP contribution in [-0.2, 0) is 0 Å². The third kappa shape index (κ3) is 2.26. The summed E-state index contributed by atoms with van der Waals surface area (Å²) in [5.41, 5.74) is 1.99. The summed E-state index contributed by atoms with van der Waals surface area (Å²) in [6.07, 6.45) is 6.32. The number of carbonyl (C=O) groups excluding carboxylic acids is 1. The number of fused-ring (bicyclic) bond motifs is 1. The number of amides is 1. The highest BCUT2D eigenvalue weighted by molar-refractivity contribution is 6.08. The van der Waals surface area contributed by atoms with Gasteiger partial charge in [0.05, 0.1) is 16.8 Å². The molecule has 2 aromatic heterocycles. The molecule has 3 aromatic rings. The highest BCUT2D eigenvalue weighted by Gasteiger charge is 2.08. The molecule has 3 rings (SSSR count). The van der Waals surface area contributed by atoms with E-state index in [1.165, 1.54) is 12.5 Å². The molecule has 0 saturated carbocycles. The lowest BCUT2D eigenvalue weighted by molar-refractivity contribution is 0.102. The molecular formula is C14H10N4O. The Morgan fingerprint density at radius 1 is 1.05 bits per heavy atom. The molecule has 0 spiro atoms. The molecular weight excluding hydrogens is 240 g/mol. The Morgan fingerprint density at radius 3 is 2.84 bits per heavy atom. The van der Waals surface area contributed by atoms with Crippen molar-refractivity contribution in [1.29, 1.82) is 0 Å². The summed E-state index contributed by atoms with van der Waals surface area (Å²) in [6.45, 7) is 0. The molecule has 0 aliphatic rings. The van der Waals surface area contributed by atoms with E-state index in [2.05, 4.69) is 20.3 Å². The minimum absolute atomic E-state index is 0.204. The van der Waals surface area contributed by atoms with Crippen molar-refractivity contribution in [3.05, 3.63) is 60.8 Å². The predicted molar refractivity (Wildman–Crippen MR) is 71.7 cm³/mol. The summed E-state index contributed by atoms with van der Waals surface area (Å²) >= 11 is 0. The second-order valence-corrected chi connectivity index (χ2v) is 3.96. The van der Waals surface area contributed by atoms with Crippen molar-refractivity contribution in [2.45, 2.75) is 0 Å². The molecule has 0 atom stereocenters. The summed E-state index contributed by atoms with van der Waals surface area (Å²) in [6, 6.07) is 8.97. The molecule has 5 heteroatoms. The first-order chi connectivity index (χ1) is 9.34. The van der Waals surface area contributed by atoms with E-state index in [9.17, 15) is 4.79 Å². The van der Waals surface area contributed by atoms with Gasteiger partial charge in [0, 0.05) is 24.0 Å². The Labute approximate surface area is 109 Å². The lowest BCUT2D eigenvalue weighted by Gasteiger charge is -2.07. The first-order valence-electron chi connectivity index (χ1n) is 5.75. The van der Waals surface area contributed by atoms with Gasteiger partial charge < -0.3 is 5.32 Å². The summed E-state index contributed by atoms with van der Waals surface area (Å²) < 4.78 is 0. The van der Waals surface area contributed by atoms with Crippen molar-refractivity contribution in [2.24, 2.45) is 0 Å². The zero-order chi connectivity index (χ0) is 13.1. The maximum Gasteiger partial charge on any atom is 0.257 e. The summed E-state index contributed by atoms with van der Waals surface area (Å²) in [7, 11) is 0. The summed E-state index contributed by atoms with van der Waals surface area (Å²) in [5.74, 6) is -0.204. The number of hydrogen-bond donors (Lipinski definition) is 1. The minimum Gasteiger partial charge on any atom is -0.321 e. The van der Waals surface area contributed by atoms with Gasteiger partial charge in [-0.3, -0.25) is 9.78 Å². The van der Waals surface area contributed by atoms with Crippen molar-refractivity contribution >= 4 is 22.5 Å². The van der Waals surface area contributed by atoms with Crippen LogP contribution in [0.25, 0.3) is 10.9 Å². The van der Waals surface area contributed by atoms with Crippen molar-refractivity contribution < 1.29 is 4.79 Å². The van der Waals surface area contributed by atoms with Crippen LogP contribution in [0.1, 0.15) is 10.4 Å². The standard InChI is InChI=1S/C14H10N4O/c19-14(10-3-2-6-15-7-10)18-13-5-1-4-12-11(13)8-16-9-17-12/h1-9H,(H,18,19). The van der Waals surface area contributed by atoms with Crippen LogP contribution in [-0.4, -0.2) is 20.9 Å². The molecule has 19 heavy (non-hydrogen) atoms. The molecule has 92 valence electrons. The van der Waals surface area contributed by atoms with Crippen LogP contribution in [0.3, 0.4) is 0 Å². The zero-order valence-electron chi connectivity index (χ0n) is 9.95. The SMILES string of the molecule is O=C(Nc1cccc2ncncc12)c1cccnc1. The van der Waals surface area contributed by atoms with Gasteiger partial charge in [-0.25, -0.2) is 9.97 Å². The Kier molecular flexibility index (Phi) is 2.86. The van der Waals surface area contributed by atoms with Crippen molar-refractivity contribution in [2.75, 3.05) is 5.32 Å². The molecule has 0 unspecified atom stereocenters. The smallest absolute Gasteiger partial charge is 0.257 e. The molecule has 0 aliphatic carbocycles. The first kappa shape index (κ1) is 11.3. The van der Waals surface area contributed by atoms with Crippen molar-refractivity contribution in [3.63, 3.8) is 0 Å². The van der Waals surface area contributed by atoms with Crippen LogP contribution in [0.5, 0.6) is 0 Å². The number of aromatic nitrogens is 3. The van der Waals surface area contributed by atoms with Crippen LogP contribution in [0.4, 0.5) is 5.69 Å². The van der Waals surface area contributed by atoms with Gasteiger partial charge in [-0.05, 0) is 24.3 Å². The second-order valence-electron chi connectivity index (χ2n) is 3.96. The van der Waals surface area contributed by atoms with E-state index in [0.717, 1.165) is 10.9 Å². The highest BCUT2D eigenvalue weighted by Crippen LogP contribution is 2.20. The monoisotopic (exact) mass is 250 g/mol. The molecule has 0 saturated heterocycles. The van der Waals surface area contributed by atoms with E-state index in [1.54, 1.807) is 24.5 Å². The van der Waals surface area contributed by atoms with E-state index >= 15 is 0 Å². The van der Waals surface area contributed by atoms with E-state index in [4.69, 9.17) is 0 Å². The normalized spacial score (nSPS) is 10.3. The quantitative estimate of drug-likeness (QED) is 0.757. The third-order valence-electron chi connectivity index (χ3n) is 2.72. The van der Waals surface area contributed by atoms with Gasteiger partial charge in [-0.1, -0.05) is 6.07 Å². The molecule has 0 radical (unpaired) electrons. The lowest BCUT2D eigenvalue weighted by Crippen LogP contribution is -2.12. The van der Waals surface area contributed by atoms with Gasteiger partial charge in [0.25, 0.3) is 5.91 Å². The number of nitrogens with one attached hydrogen (secondary N) is 1. The van der Waals surface area contributed by atoms with E-state index in [0.29, 0.717) is 11.3 Å². The number of hydrogen-bond acceptors (Lipinski definition) is 4. The van der Waals surface area contributed by atoms with Crippen molar-refractivity contribution in [1.82, 2.24) is 15.0 Å². The molecule has 1 N–H and O–H groups in total. The number of benzene rings is 1. The van der Waals surface area contributed by atoms with Crippen LogP contribution in [0.2, 0.25) is 0 Å². The van der Waals surface area contributed by atoms with Gasteiger partial charge in [0.1, 0.15) is 6.33 Å². The van der Waals surface area contributed by atoms with Gasteiger partial charge >= 0.3 is 0 Å². The molecule has 5 nitrogen and oxygen atoms in total. The van der Waals surface area contributed by atoms with E-state index in [-0.39, 0.29) is 5.91 Å². The number of carbonyl (C=O) groups is 1. The number of pyridine rings is 1. The molecule has 1 amide bonds. The molecule has 0 bridgehead atoms. The van der Waals surface area contributed by atoms with Crippen LogP contribution >= 0.6 is 0 Å². The van der Waals surface area contributed by atoms with E-state index in [1.807, 2.05) is 18.2 Å². The zero-order valence-corrected chi connectivity index (χ0v) is 9.95. The van der Waals surface area contributed by atoms with Crippen molar-refractivity contribution in [3.8, 4) is 0 Å². The largest absolute Gasteiger partial charge is 0.321 e. The maximum absolute atomic E-state index is 12.1. The van der Waals surface area contributed by atoms with Crippen LogP contribution in [0, 0.1) is 0 Å². The summed E-state index contributed by atoms with van der Waals surface area (Å²) in [4.78, 5) is 24.1. The van der Waals surface area contributed by atoms with Crippen LogP contribution in [0.15, 0.2) is 55.2 Å². The highest BCUT2D eigenvalue weighted by atomic mass is 16.1. The molecule has 2 heterocycles. The molecule has 0 fully saturated rings. The Morgan fingerprint density at radius 2 is 2.00 bits per heavy atom. The first-order valence-corrected chi connectivity index (χ1v) is 5.75. The fourth-order valence-electron chi connectivity index (χ4n) is 1.81.